The zero-order valence-electron chi connectivity index (χ0n) is 12.1. The van der Waals surface area contributed by atoms with Crippen molar-refractivity contribution < 1.29 is 8.42 Å². The molecule has 20 heavy (non-hydrogen) atoms. The van der Waals surface area contributed by atoms with Crippen LogP contribution in [0.15, 0.2) is 29.2 Å². The fourth-order valence-electron chi connectivity index (χ4n) is 2.79. The van der Waals surface area contributed by atoms with E-state index in [1.165, 1.54) is 6.42 Å². The summed E-state index contributed by atoms with van der Waals surface area (Å²) in [7, 11) is -3.11. The summed E-state index contributed by atoms with van der Waals surface area (Å²) in [6, 6.07) is 7.31. The third-order valence-electron chi connectivity index (χ3n) is 3.89. The van der Waals surface area contributed by atoms with E-state index in [1.54, 1.807) is 12.1 Å². The molecule has 2 rings (SSSR count). The lowest BCUT2D eigenvalue weighted by Crippen LogP contribution is -2.20. The van der Waals surface area contributed by atoms with Gasteiger partial charge in [-0.05, 0) is 56.0 Å². The molecule has 1 heterocycles. The van der Waals surface area contributed by atoms with Crippen molar-refractivity contribution in [2.45, 2.75) is 31.1 Å². The molecule has 0 amide bonds. The topological polar surface area (TPSA) is 63.4 Å². The zero-order valence-corrected chi connectivity index (χ0v) is 12.9. The van der Waals surface area contributed by atoms with Gasteiger partial charge in [-0.1, -0.05) is 6.92 Å². The van der Waals surface area contributed by atoms with E-state index in [2.05, 4.69) is 4.90 Å². The Bertz CT molecular complexity index is 525. The van der Waals surface area contributed by atoms with Crippen molar-refractivity contribution >= 4 is 15.5 Å². The van der Waals surface area contributed by atoms with Gasteiger partial charge in [0.2, 0.25) is 0 Å². The highest BCUT2D eigenvalue weighted by molar-refractivity contribution is 7.91. The Hall–Kier alpha value is -1.07. The second-order valence-electron chi connectivity index (χ2n) is 5.49. The third kappa shape index (κ3) is 3.52. The fourth-order valence-corrected chi connectivity index (χ4v) is 4.11. The molecule has 0 aliphatic carbocycles. The van der Waals surface area contributed by atoms with Crippen LogP contribution in [0.2, 0.25) is 0 Å². The summed E-state index contributed by atoms with van der Waals surface area (Å²) in [4.78, 5) is 2.75. The lowest BCUT2D eigenvalue weighted by atomic mass is 10.1. The quantitative estimate of drug-likeness (QED) is 0.872. The number of nitrogens with two attached hydrogens (primary N) is 1. The highest BCUT2D eigenvalue weighted by Gasteiger charge is 2.22. The van der Waals surface area contributed by atoms with E-state index in [9.17, 15) is 8.42 Å². The largest absolute Gasteiger partial charge is 0.371 e. The van der Waals surface area contributed by atoms with Crippen LogP contribution in [-0.4, -0.2) is 33.8 Å². The Labute approximate surface area is 121 Å². The van der Waals surface area contributed by atoms with E-state index in [4.69, 9.17) is 5.73 Å². The van der Waals surface area contributed by atoms with E-state index in [-0.39, 0.29) is 5.75 Å². The number of sulfone groups is 1. The molecule has 1 atom stereocenters. The van der Waals surface area contributed by atoms with Crippen molar-refractivity contribution in [3.05, 3.63) is 24.3 Å². The number of hydrogen-bond acceptors (Lipinski definition) is 4. The van der Waals surface area contributed by atoms with Crippen LogP contribution in [0.3, 0.4) is 0 Å². The molecule has 1 aliphatic heterocycles. The highest BCUT2D eigenvalue weighted by atomic mass is 32.2. The van der Waals surface area contributed by atoms with E-state index >= 15 is 0 Å². The average Bonchev–Trinajstić information content (AvgIpc) is 2.88. The molecule has 1 saturated heterocycles. The first-order valence-corrected chi connectivity index (χ1v) is 9.00. The van der Waals surface area contributed by atoms with E-state index in [0.717, 1.165) is 31.7 Å². The van der Waals surface area contributed by atoms with Gasteiger partial charge >= 0.3 is 0 Å². The van der Waals surface area contributed by atoms with Crippen LogP contribution in [0.25, 0.3) is 0 Å². The minimum atomic E-state index is -3.11. The predicted octanol–water partition coefficient (Wildman–Crippen LogP) is 2.05. The van der Waals surface area contributed by atoms with Crippen molar-refractivity contribution in [3.8, 4) is 0 Å². The summed E-state index contributed by atoms with van der Waals surface area (Å²) in [5.74, 6) is 0.887. The van der Waals surface area contributed by atoms with Crippen molar-refractivity contribution in [1.29, 1.82) is 0 Å². The Morgan fingerprint density at radius 3 is 2.60 bits per heavy atom. The summed E-state index contributed by atoms with van der Waals surface area (Å²) in [6.07, 6.45) is 2.89. The molecular weight excluding hydrogens is 272 g/mol. The van der Waals surface area contributed by atoms with Crippen LogP contribution >= 0.6 is 0 Å². The van der Waals surface area contributed by atoms with Crippen molar-refractivity contribution in [3.63, 3.8) is 0 Å². The van der Waals surface area contributed by atoms with Gasteiger partial charge in [-0.15, -0.1) is 0 Å². The Balaban J connectivity index is 2.06. The summed E-state index contributed by atoms with van der Waals surface area (Å²) >= 11 is 0. The summed E-state index contributed by atoms with van der Waals surface area (Å²) in [5.41, 5.74) is 6.71. The molecule has 1 aromatic carbocycles. The summed E-state index contributed by atoms with van der Waals surface area (Å²) in [5, 5.41) is 0. The third-order valence-corrected chi connectivity index (χ3v) is 5.83. The fraction of sp³-hybridized carbons (Fsp3) is 0.600. The molecular formula is C15H24N2O2S. The zero-order chi connectivity index (χ0) is 14.6. The smallest absolute Gasteiger partial charge is 0.178 e. The van der Waals surface area contributed by atoms with E-state index < -0.39 is 9.84 Å². The molecule has 0 radical (unpaired) electrons. The van der Waals surface area contributed by atoms with Crippen LogP contribution in [0.1, 0.15) is 26.2 Å². The molecule has 0 saturated carbocycles. The second kappa shape index (κ2) is 6.59. The molecule has 0 spiro atoms. The minimum Gasteiger partial charge on any atom is -0.371 e. The van der Waals surface area contributed by atoms with Crippen LogP contribution in [0, 0.1) is 5.92 Å². The lowest BCUT2D eigenvalue weighted by molar-refractivity contribution is 0.546. The SMILES string of the molecule is CCCS(=O)(=O)c1ccc(N2CCC(CCN)C2)cc1. The van der Waals surface area contributed by atoms with Gasteiger partial charge in [-0.25, -0.2) is 8.42 Å². The van der Waals surface area contributed by atoms with Crippen LogP contribution < -0.4 is 10.6 Å². The number of benzene rings is 1. The van der Waals surface area contributed by atoms with Gasteiger partial charge in [0.05, 0.1) is 10.6 Å². The molecule has 1 unspecified atom stereocenters. The number of rotatable bonds is 6. The van der Waals surface area contributed by atoms with E-state index in [0.29, 0.717) is 17.2 Å². The van der Waals surface area contributed by atoms with Gasteiger partial charge in [0.25, 0.3) is 0 Å². The van der Waals surface area contributed by atoms with Gasteiger partial charge in [-0.3, -0.25) is 0 Å². The van der Waals surface area contributed by atoms with Gasteiger partial charge in [-0.2, -0.15) is 0 Å². The molecule has 0 bridgehead atoms. The minimum absolute atomic E-state index is 0.217. The summed E-state index contributed by atoms with van der Waals surface area (Å²) in [6.45, 7) is 4.68. The van der Waals surface area contributed by atoms with Gasteiger partial charge < -0.3 is 10.6 Å². The first kappa shape index (κ1) is 15.3. The number of hydrogen-bond donors (Lipinski definition) is 1. The summed E-state index contributed by atoms with van der Waals surface area (Å²) < 4.78 is 23.9. The highest BCUT2D eigenvalue weighted by Crippen LogP contribution is 2.26. The maximum Gasteiger partial charge on any atom is 0.178 e. The lowest BCUT2D eigenvalue weighted by Gasteiger charge is -2.19. The van der Waals surface area contributed by atoms with Gasteiger partial charge in [0.15, 0.2) is 9.84 Å². The second-order valence-corrected chi connectivity index (χ2v) is 7.60. The first-order chi connectivity index (χ1) is 9.56. The maximum absolute atomic E-state index is 12.0. The van der Waals surface area contributed by atoms with Crippen molar-refractivity contribution in [2.75, 3.05) is 30.3 Å². The van der Waals surface area contributed by atoms with Gasteiger partial charge in [0, 0.05) is 18.8 Å². The normalized spacial score (nSPS) is 19.5. The molecule has 2 N–H and O–H groups in total. The number of nitrogens with zero attached hydrogens (tertiary/aromatic N) is 1. The standard InChI is InChI=1S/C15H24N2O2S/c1-2-11-20(18,19)15-5-3-14(4-6-15)17-10-8-13(12-17)7-9-16/h3-6,13H,2,7-12,16H2,1H3. The van der Waals surface area contributed by atoms with Crippen molar-refractivity contribution in [1.82, 2.24) is 0 Å². The molecule has 1 fully saturated rings. The molecule has 4 nitrogen and oxygen atoms in total. The molecule has 1 aromatic rings. The monoisotopic (exact) mass is 296 g/mol. The van der Waals surface area contributed by atoms with Crippen LogP contribution in [-0.2, 0) is 9.84 Å². The number of anilines is 1. The van der Waals surface area contributed by atoms with Crippen LogP contribution in [0.4, 0.5) is 5.69 Å². The Kier molecular flexibility index (Phi) is 5.05. The molecule has 112 valence electrons. The molecule has 1 aliphatic rings. The predicted molar refractivity (Wildman–Crippen MR) is 82.8 cm³/mol. The Morgan fingerprint density at radius 2 is 2.00 bits per heavy atom. The van der Waals surface area contributed by atoms with Crippen molar-refractivity contribution in [2.24, 2.45) is 11.7 Å². The van der Waals surface area contributed by atoms with E-state index in [1.807, 2.05) is 19.1 Å². The molecule has 0 aromatic heterocycles. The van der Waals surface area contributed by atoms with Crippen LogP contribution in [0.5, 0.6) is 0 Å². The molecule has 5 heteroatoms. The van der Waals surface area contributed by atoms with Gasteiger partial charge in [0.1, 0.15) is 0 Å². The maximum atomic E-state index is 12.0. The average molecular weight is 296 g/mol. The Morgan fingerprint density at radius 1 is 1.30 bits per heavy atom. The first-order valence-electron chi connectivity index (χ1n) is 7.34.